The highest BCUT2D eigenvalue weighted by Crippen LogP contribution is 2.34. The van der Waals surface area contributed by atoms with E-state index < -0.39 is 0 Å². The molecule has 0 amide bonds. The van der Waals surface area contributed by atoms with Crippen LogP contribution in [0.4, 0.5) is 0 Å². The van der Waals surface area contributed by atoms with Gasteiger partial charge in [0.05, 0.1) is 12.2 Å². The Morgan fingerprint density at radius 1 is 1.16 bits per heavy atom. The van der Waals surface area contributed by atoms with Crippen LogP contribution in [-0.4, -0.2) is 29.3 Å². The van der Waals surface area contributed by atoms with Crippen LogP contribution >= 0.6 is 0 Å². The zero-order valence-corrected chi connectivity index (χ0v) is 10.6. The summed E-state index contributed by atoms with van der Waals surface area (Å²) in [7, 11) is 0. The van der Waals surface area contributed by atoms with Gasteiger partial charge < -0.3 is 19.4 Å². The molecule has 0 saturated carbocycles. The fourth-order valence-electron chi connectivity index (χ4n) is 2.53. The highest BCUT2D eigenvalue weighted by atomic mass is 16.6. The molecule has 4 rings (SSSR count). The maximum atomic E-state index is 5.62. The van der Waals surface area contributed by atoms with Gasteiger partial charge in [-0.1, -0.05) is 0 Å². The van der Waals surface area contributed by atoms with Crippen molar-refractivity contribution in [3.8, 4) is 22.8 Å². The number of hydrogen-bond donors (Lipinski definition) is 1. The molecule has 0 aliphatic carbocycles. The van der Waals surface area contributed by atoms with Crippen LogP contribution in [-0.2, 0) is 13.1 Å². The van der Waals surface area contributed by atoms with Crippen LogP contribution in [0.25, 0.3) is 11.3 Å². The molecule has 98 valence electrons. The lowest BCUT2D eigenvalue weighted by Crippen LogP contribution is -2.27. The van der Waals surface area contributed by atoms with E-state index in [1.54, 1.807) is 0 Å². The van der Waals surface area contributed by atoms with Crippen molar-refractivity contribution in [3.05, 3.63) is 30.2 Å². The molecule has 0 radical (unpaired) electrons. The van der Waals surface area contributed by atoms with E-state index in [1.165, 1.54) is 0 Å². The summed E-state index contributed by atoms with van der Waals surface area (Å²) in [6, 6.07) is 6.01. The van der Waals surface area contributed by atoms with Crippen LogP contribution in [0.3, 0.4) is 0 Å². The fourth-order valence-corrected chi connectivity index (χ4v) is 2.53. The summed E-state index contributed by atoms with van der Waals surface area (Å²) in [6.45, 7) is 4.05. The fraction of sp³-hybridized carbons (Fsp3) is 0.357. The topological polar surface area (TPSA) is 48.3 Å². The Balaban J connectivity index is 1.73. The molecule has 2 aromatic rings. The average molecular weight is 257 g/mol. The summed E-state index contributed by atoms with van der Waals surface area (Å²) >= 11 is 0. The Morgan fingerprint density at radius 3 is 2.95 bits per heavy atom. The highest BCUT2D eigenvalue weighted by molar-refractivity contribution is 5.64. The number of nitrogens with zero attached hydrogens (tertiary/aromatic N) is 2. The summed E-state index contributed by atoms with van der Waals surface area (Å²) in [6.07, 6.45) is 2.11. The van der Waals surface area contributed by atoms with Gasteiger partial charge >= 0.3 is 0 Å². The molecule has 3 heterocycles. The van der Waals surface area contributed by atoms with Crippen LogP contribution in [0.2, 0.25) is 0 Å². The first-order valence-electron chi connectivity index (χ1n) is 6.57. The summed E-state index contributed by atoms with van der Waals surface area (Å²) < 4.78 is 13.4. The van der Waals surface area contributed by atoms with Crippen molar-refractivity contribution in [2.24, 2.45) is 0 Å². The second-order valence-corrected chi connectivity index (χ2v) is 4.77. The van der Waals surface area contributed by atoms with Crippen molar-refractivity contribution < 1.29 is 9.47 Å². The predicted octanol–water partition coefficient (Wildman–Crippen LogP) is 1.42. The third-order valence-corrected chi connectivity index (χ3v) is 3.51. The van der Waals surface area contributed by atoms with Crippen molar-refractivity contribution in [1.29, 1.82) is 0 Å². The Kier molecular flexibility index (Phi) is 2.45. The predicted molar refractivity (Wildman–Crippen MR) is 70.4 cm³/mol. The monoisotopic (exact) mass is 257 g/mol. The molecule has 0 bridgehead atoms. The second kappa shape index (κ2) is 4.28. The molecule has 0 fully saturated rings. The van der Waals surface area contributed by atoms with Crippen molar-refractivity contribution in [1.82, 2.24) is 14.9 Å². The molecular weight excluding hydrogens is 242 g/mol. The maximum Gasteiger partial charge on any atom is 0.162 e. The third-order valence-electron chi connectivity index (χ3n) is 3.51. The summed E-state index contributed by atoms with van der Waals surface area (Å²) in [4.78, 5) is 4.67. The SMILES string of the molecule is c1cc2c(cc1-c1cn3c(n1)CNCC3)OCCO2. The molecule has 5 nitrogen and oxygen atoms in total. The van der Waals surface area contributed by atoms with Gasteiger partial charge in [0.25, 0.3) is 0 Å². The molecular formula is C14H15N3O2. The molecule has 0 unspecified atom stereocenters. The quantitative estimate of drug-likeness (QED) is 0.839. The lowest BCUT2D eigenvalue weighted by molar-refractivity contribution is 0.171. The minimum Gasteiger partial charge on any atom is -0.486 e. The van der Waals surface area contributed by atoms with Gasteiger partial charge in [-0.25, -0.2) is 4.98 Å². The number of rotatable bonds is 1. The second-order valence-electron chi connectivity index (χ2n) is 4.77. The van der Waals surface area contributed by atoms with Crippen molar-refractivity contribution in [2.75, 3.05) is 19.8 Å². The lowest BCUT2D eigenvalue weighted by Gasteiger charge is -2.18. The molecule has 2 aliphatic rings. The third kappa shape index (κ3) is 1.86. The average Bonchev–Trinajstić information content (AvgIpc) is 2.90. The number of benzene rings is 1. The standard InChI is InChI=1S/C14H15N3O2/c1-2-12-13(19-6-5-18-12)7-10(1)11-9-17-4-3-15-8-14(17)16-11/h1-2,7,9,15H,3-6,8H2. The van der Waals surface area contributed by atoms with E-state index in [1.807, 2.05) is 18.2 Å². The summed E-state index contributed by atoms with van der Waals surface area (Å²) in [5, 5.41) is 3.33. The van der Waals surface area contributed by atoms with Crippen LogP contribution < -0.4 is 14.8 Å². The van der Waals surface area contributed by atoms with Gasteiger partial charge in [-0.05, 0) is 18.2 Å². The van der Waals surface area contributed by atoms with E-state index in [-0.39, 0.29) is 0 Å². The van der Waals surface area contributed by atoms with E-state index in [4.69, 9.17) is 9.47 Å². The van der Waals surface area contributed by atoms with Crippen molar-refractivity contribution in [3.63, 3.8) is 0 Å². The van der Waals surface area contributed by atoms with Crippen LogP contribution in [0.5, 0.6) is 11.5 Å². The first kappa shape index (κ1) is 10.9. The first-order valence-corrected chi connectivity index (χ1v) is 6.57. The molecule has 2 aliphatic heterocycles. The Morgan fingerprint density at radius 2 is 2.05 bits per heavy atom. The van der Waals surface area contributed by atoms with Crippen molar-refractivity contribution >= 4 is 0 Å². The van der Waals surface area contributed by atoms with E-state index in [9.17, 15) is 0 Å². The van der Waals surface area contributed by atoms with Gasteiger partial charge in [0, 0.05) is 24.8 Å². The Labute approximate surface area is 111 Å². The molecule has 5 heteroatoms. The van der Waals surface area contributed by atoms with Gasteiger partial charge in [0.15, 0.2) is 11.5 Å². The van der Waals surface area contributed by atoms with Crippen LogP contribution in [0, 0.1) is 0 Å². The molecule has 1 aromatic heterocycles. The molecule has 0 saturated heterocycles. The Hall–Kier alpha value is -2.01. The van der Waals surface area contributed by atoms with E-state index in [2.05, 4.69) is 21.1 Å². The molecule has 0 spiro atoms. The van der Waals surface area contributed by atoms with Gasteiger partial charge in [0.1, 0.15) is 19.0 Å². The molecule has 1 N–H and O–H groups in total. The molecule has 1 aromatic carbocycles. The number of fused-ring (bicyclic) bond motifs is 2. The number of ether oxygens (including phenoxy) is 2. The van der Waals surface area contributed by atoms with Crippen LogP contribution in [0.15, 0.2) is 24.4 Å². The smallest absolute Gasteiger partial charge is 0.162 e. The summed E-state index contributed by atoms with van der Waals surface area (Å²) in [5.41, 5.74) is 2.07. The largest absolute Gasteiger partial charge is 0.486 e. The Bertz CT molecular complexity index is 598. The van der Waals surface area contributed by atoms with Gasteiger partial charge in [-0.15, -0.1) is 0 Å². The number of hydrogen-bond acceptors (Lipinski definition) is 4. The van der Waals surface area contributed by atoms with Crippen molar-refractivity contribution in [2.45, 2.75) is 13.1 Å². The normalized spacial score (nSPS) is 17.1. The van der Waals surface area contributed by atoms with Crippen LogP contribution in [0.1, 0.15) is 5.82 Å². The lowest BCUT2D eigenvalue weighted by atomic mass is 10.1. The van der Waals surface area contributed by atoms with Gasteiger partial charge in [0.2, 0.25) is 0 Å². The zero-order chi connectivity index (χ0) is 12.7. The minimum absolute atomic E-state index is 0.611. The maximum absolute atomic E-state index is 5.62. The van der Waals surface area contributed by atoms with E-state index in [0.717, 1.165) is 48.2 Å². The first-order chi connectivity index (χ1) is 9.40. The minimum atomic E-state index is 0.611. The van der Waals surface area contributed by atoms with E-state index in [0.29, 0.717) is 13.2 Å². The van der Waals surface area contributed by atoms with Gasteiger partial charge in [-0.2, -0.15) is 0 Å². The van der Waals surface area contributed by atoms with E-state index >= 15 is 0 Å². The number of aromatic nitrogens is 2. The molecule has 19 heavy (non-hydrogen) atoms. The highest BCUT2D eigenvalue weighted by Gasteiger charge is 2.16. The number of imidazole rings is 1. The van der Waals surface area contributed by atoms with Gasteiger partial charge in [-0.3, -0.25) is 0 Å². The zero-order valence-electron chi connectivity index (χ0n) is 10.6. The molecule has 0 atom stereocenters. The number of nitrogens with one attached hydrogen (secondary N) is 1. The summed E-state index contributed by atoms with van der Waals surface area (Å²) in [5.74, 6) is 2.73.